The zero-order valence-corrected chi connectivity index (χ0v) is 9.86. The molecule has 2 aliphatic rings. The fourth-order valence-electron chi connectivity index (χ4n) is 3.37. The molecule has 1 saturated carbocycles. The zero-order chi connectivity index (χ0) is 9.86. The van der Waals surface area contributed by atoms with Crippen molar-refractivity contribution in [1.82, 2.24) is 4.90 Å². The highest BCUT2D eigenvalue weighted by Crippen LogP contribution is 2.41. The van der Waals surface area contributed by atoms with E-state index in [1.54, 1.807) is 0 Å². The lowest BCUT2D eigenvalue weighted by molar-refractivity contribution is 0.0932. The first-order chi connectivity index (χ1) is 6.87. The van der Waals surface area contributed by atoms with Crippen molar-refractivity contribution in [3.05, 3.63) is 0 Å². The summed E-state index contributed by atoms with van der Waals surface area (Å²) in [7, 11) is 0. The molecule has 14 heavy (non-hydrogen) atoms. The minimum absolute atomic E-state index is 0.615. The van der Waals surface area contributed by atoms with Crippen molar-refractivity contribution in [2.45, 2.75) is 56.9 Å². The molecule has 2 heteroatoms. The summed E-state index contributed by atoms with van der Waals surface area (Å²) in [4.78, 5) is 2.74. The van der Waals surface area contributed by atoms with E-state index >= 15 is 0 Å². The molecule has 1 heterocycles. The third kappa shape index (κ3) is 2.09. The highest BCUT2D eigenvalue weighted by Gasteiger charge is 2.40. The van der Waals surface area contributed by atoms with Gasteiger partial charge in [0, 0.05) is 11.4 Å². The molecule has 2 rings (SSSR count). The summed E-state index contributed by atoms with van der Waals surface area (Å²) in [6.07, 6.45) is 11.3. The molecule has 0 aromatic heterocycles. The van der Waals surface area contributed by atoms with Crippen LogP contribution in [0.5, 0.6) is 0 Å². The first kappa shape index (κ1) is 10.8. The fourth-order valence-corrected chi connectivity index (χ4v) is 3.49. The average Bonchev–Trinajstić information content (AvgIpc) is 2.59. The Morgan fingerprint density at radius 3 is 2.43 bits per heavy atom. The molecule has 0 radical (unpaired) electrons. The van der Waals surface area contributed by atoms with Crippen LogP contribution in [0, 0.1) is 0 Å². The maximum Gasteiger partial charge on any atom is 0.0235 e. The second kappa shape index (κ2) is 4.85. The van der Waals surface area contributed by atoms with Gasteiger partial charge in [-0.1, -0.05) is 19.3 Å². The smallest absolute Gasteiger partial charge is 0.0235 e. The fraction of sp³-hybridized carbons (Fsp3) is 1.00. The second-order valence-electron chi connectivity index (χ2n) is 4.92. The van der Waals surface area contributed by atoms with Crippen molar-refractivity contribution < 1.29 is 0 Å². The van der Waals surface area contributed by atoms with E-state index in [-0.39, 0.29) is 0 Å². The Bertz CT molecular complexity index is 175. The van der Waals surface area contributed by atoms with Gasteiger partial charge in [0.15, 0.2) is 0 Å². The number of rotatable bonds is 3. The van der Waals surface area contributed by atoms with Gasteiger partial charge < -0.3 is 0 Å². The topological polar surface area (TPSA) is 3.24 Å². The summed E-state index contributed by atoms with van der Waals surface area (Å²) in [5.41, 5.74) is 0.615. The van der Waals surface area contributed by atoms with Crippen molar-refractivity contribution in [2.75, 3.05) is 19.0 Å². The summed E-state index contributed by atoms with van der Waals surface area (Å²) < 4.78 is 0. The first-order valence-electron chi connectivity index (χ1n) is 6.18. The Labute approximate surface area is 92.8 Å². The number of alkyl halides is 1. The molecule has 0 bridgehead atoms. The van der Waals surface area contributed by atoms with Gasteiger partial charge in [-0.05, 0) is 45.2 Å². The van der Waals surface area contributed by atoms with E-state index in [0.29, 0.717) is 5.54 Å². The standard InChI is InChI=1S/C12H22ClN/c13-9-5-11-14-10-4-8-12(14)6-2-1-3-7-12/h1-11H2. The molecule has 1 aliphatic heterocycles. The van der Waals surface area contributed by atoms with Crippen LogP contribution in [0.1, 0.15) is 51.4 Å². The van der Waals surface area contributed by atoms with Crippen LogP contribution >= 0.6 is 11.6 Å². The molecule has 2 fully saturated rings. The monoisotopic (exact) mass is 215 g/mol. The number of nitrogens with zero attached hydrogens (tertiary/aromatic N) is 1. The van der Waals surface area contributed by atoms with Gasteiger partial charge in [-0.15, -0.1) is 11.6 Å². The Morgan fingerprint density at radius 2 is 1.71 bits per heavy atom. The van der Waals surface area contributed by atoms with E-state index in [2.05, 4.69) is 4.90 Å². The van der Waals surface area contributed by atoms with E-state index in [0.717, 1.165) is 5.88 Å². The number of halogens is 1. The van der Waals surface area contributed by atoms with Crippen molar-refractivity contribution in [1.29, 1.82) is 0 Å². The van der Waals surface area contributed by atoms with Crippen molar-refractivity contribution in [3.63, 3.8) is 0 Å². The number of likely N-dealkylation sites (tertiary alicyclic amines) is 1. The second-order valence-corrected chi connectivity index (χ2v) is 5.30. The van der Waals surface area contributed by atoms with Crippen LogP contribution in [-0.2, 0) is 0 Å². The van der Waals surface area contributed by atoms with Gasteiger partial charge in [0.1, 0.15) is 0 Å². The highest BCUT2D eigenvalue weighted by atomic mass is 35.5. The predicted octanol–water partition coefficient (Wildman–Crippen LogP) is 3.41. The Morgan fingerprint density at radius 1 is 1.00 bits per heavy atom. The van der Waals surface area contributed by atoms with Crippen LogP contribution in [0.2, 0.25) is 0 Å². The van der Waals surface area contributed by atoms with Crippen molar-refractivity contribution >= 4 is 11.6 Å². The molecule has 1 spiro atoms. The van der Waals surface area contributed by atoms with Crippen molar-refractivity contribution in [3.8, 4) is 0 Å². The third-order valence-electron chi connectivity index (χ3n) is 4.09. The molecule has 82 valence electrons. The summed E-state index contributed by atoms with van der Waals surface area (Å²) in [6.45, 7) is 2.57. The lowest BCUT2D eigenvalue weighted by Gasteiger charge is -2.41. The first-order valence-corrected chi connectivity index (χ1v) is 6.72. The van der Waals surface area contributed by atoms with Crippen LogP contribution in [0.3, 0.4) is 0 Å². The lowest BCUT2D eigenvalue weighted by Crippen LogP contribution is -2.45. The Kier molecular flexibility index (Phi) is 3.73. The normalized spacial score (nSPS) is 27.2. The minimum atomic E-state index is 0.615. The molecule has 0 unspecified atom stereocenters. The maximum absolute atomic E-state index is 5.78. The molecule has 1 aliphatic carbocycles. The molecule has 0 N–H and O–H groups in total. The SMILES string of the molecule is ClCCCN1CCCC12CCCCC2. The number of hydrogen-bond donors (Lipinski definition) is 0. The summed E-state index contributed by atoms with van der Waals surface area (Å²) >= 11 is 5.78. The Balaban J connectivity index is 1.93. The van der Waals surface area contributed by atoms with Crippen LogP contribution in [0.15, 0.2) is 0 Å². The lowest BCUT2D eigenvalue weighted by atomic mass is 9.80. The van der Waals surface area contributed by atoms with Gasteiger partial charge in [0.25, 0.3) is 0 Å². The van der Waals surface area contributed by atoms with Crippen LogP contribution in [0.25, 0.3) is 0 Å². The average molecular weight is 216 g/mol. The van der Waals surface area contributed by atoms with E-state index in [9.17, 15) is 0 Å². The minimum Gasteiger partial charge on any atom is -0.298 e. The van der Waals surface area contributed by atoms with Gasteiger partial charge >= 0.3 is 0 Å². The van der Waals surface area contributed by atoms with Gasteiger partial charge in [-0.2, -0.15) is 0 Å². The van der Waals surface area contributed by atoms with Gasteiger partial charge in [0.2, 0.25) is 0 Å². The van der Waals surface area contributed by atoms with Crippen LogP contribution in [-0.4, -0.2) is 29.4 Å². The number of hydrogen-bond acceptors (Lipinski definition) is 1. The van der Waals surface area contributed by atoms with E-state index in [1.165, 1.54) is 64.5 Å². The predicted molar refractivity (Wildman–Crippen MR) is 62.0 cm³/mol. The Hall–Kier alpha value is 0.250. The van der Waals surface area contributed by atoms with Gasteiger partial charge in [0.05, 0.1) is 0 Å². The van der Waals surface area contributed by atoms with Crippen molar-refractivity contribution in [2.24, 2.45) is 0 Å². The third-order valence-corrected chi connectivity index (χ3v) is 4.35. The van der Waals surface area contributed by atoms with E-state index < -0.39 is 0 Å². The summed E-state index contributed by atoms with van der Waals surface area (Å²) in [6, 6.07) is 0. The van der Waals surface area contributed by atoms with E-state index in [4.69, 9.17) is 11.6 Å². The van der Waals surface area contributed by atoms with Crippen LogP contribution < -0.4 is 0 Å². The molecule has 0 amide bonds. The van der Waals surface area contributed by atoms with Crippen LogP contribution in [0.4, 0.5) is 0 Å². The molecule has 1 nitrogen and oxygen atoms in total. The molecule has 0 atom stereocenters. The summed E-state index contributed by atoms with van der Waals surface area (Å²) in [5, 5.41) is 0. The highest BCUT2D eigenvalue weighted by molar-refractivity contribution is 6.17. The molecule has 0 aromatic carbocycles. The molecule has 1 saturated heterocycles. The maximum atomic E-state index is 5.78. The zero-order valence-electron chi connectivity index (χ0n) is 9.10. The molecule has 0 aromatic rings. The largest absolute Gasteiger partial charge is 0.298 e. The van der Waals surface area contributed by atoms with Gasteiger partial charge in [-0.25, -0.2) is 0 Å². The van der Waals surface area contributed by atoms with E-state index in [1.807, 2.05) is 0 Å². The molecular formula is C12H22ClN. The molecular weight excluding hydrogens is 194 g/mol. The quantitative estimate of drug-likeness (QED) is 0.653. The summed E-state index contributed by atoms with van der Waals surface area (Å²) in [5.74, 6) is 0.826. The van der Waals surface area contributed by atoms with Gasteiger partial charge in [-0.3, -0.25) is 4.90 Å².